The second kappa shape index (κ2) is 5.57. The van der Waals surface area contributed by atoms with Gasteiger partial charge in [-0.25, -0.2) is 0 Å². The Morgan fingerprint density at radius 1 is 1.17 bits per heavy atom. The predicted octanol–water partition coefficient (Wildman–Crippen LogP) is 3.40. The summed E-state index contributed by atoms with van der Waals surface area (Å²) >= 11 is 0. The van der Waals surface area contributed by atoms with Gasteiger partial charge in [0.2, 0.25) is 0 Å². The summed E-state index contributed by atoms with van der Waals surface area (Å²) in [7, 11) is 0. The van der Waals surface area contributed by atoms with Crippen molar-refractivity contribution in [2.45, 2.75) is 24.7 Å². The van der Waals surface area contributed by atoms with Gasteiger partial charge < -0.3 is 10.1 Å². The first kappa shape index (κ1) is 15.3. The van der Waals surface area contributed by atoms with Crippen LogP contribution in [0.4, 0.5) is 13.2 Å². The van der Waals surface area contributed by atoms with Crippen LogP contribution in [0.1, 0.15) is 28.8 Å². The lowest BCUT2D eigenvalue weighted by molar-refractivity contribution is -0.274. The Kier molecular flexibility index (Phi) is 3.71. The van der Waals surface area contributed by atoms with Crippen LogP contribution in [0.2, 0.25) is 0 Å². The fourth-order valence-corrected chi connectivity index (χ4v) is 2.39. The quantitative estimate of drug-likeness (QED) is 0.938. The molecule has 1 fully saturated rings. The molecule has 0 radical (unpaired) electrons. The van der Waals surface area contributed by atoms with E-state index in [4.69, 9.17) is 0 Å². The van der Waals surface area contributed by atoms with Crippen molar-refractivity contribution in [1.29, 1.82) is 0 Å². The highest BCUT2D eigenvalue weighted by Gasteiger charge is 2.46. The molecule has 0 bridgehead atoms. The average molecular weight is 322 g/mol. The largest absolute Gasteiger partial charge is 0.573 e. The second-order valence-electron chi connectivity index (χ2n) is 5.35. The van der Waals surface area contributed by atoms with Gasteiger partial charge in [0.25, 0.3) is 5.91 Å². The number of hydrogen-bond donors (Lipinski definition) is 1. The highest BCUT2D eigenvalue weighted by Crippen LogP contribution is 2.46. The van der Waals surface area contributed by atoms with Gasteiger partial charge in [0.05, 0.1) is 5.54 Å². The first-order valence-electron chi connectivity index (χ1n) is 6.97. The Morgan fingerprint density at radius 3 is 2.48 bits per heavy atom. The van der Waals surface area contributed by atoms with E-state index >= 15 is 0 Å². The first-order chi connectivity index (χ1) is 10.9. The predicted molar refractivity (Wildman–Crippen MR) is 75.7 cm³/mol. The van der Waals surface area contributed by atoms with Crippen LogP contribution < -0.4 is 10.1 Å². The van der Waals surface area contributed by atoms with Crippen LogP contribution in [0, 0.1) is 0 Å². The molecule has 1 amide bonds. The molecule has 1 saturated carbocycles. The van der Waals surface area contributed by atoms with Crippen LogP contribution in [-0.2, 0) is 5.54 Å². The summed E-state index contributed by atoms with van der Waals surface area (Å²) in [6.45, 7) is 0. The summed E-state index contributed by atoms with van der Waals surface area (Å²) in [5, 5.41) is 2.89. The SMILES string of the molecule is O=C(NC1(c2cccc(OC(F)(F)F)c2)CC1)c1ccncc1. The number of aromatic nitrogens is 1. The Hall–Kier alpha value is -2.57. The molecule has 2 aromatic rings. The fourth-order valence-electron chi connectivity index (χ4n) is 2.39. The molecule has 3 rings (SSSR count). The molecule has 0 aliphatic heterocycles. The van der Waals surface area contributed by atoms with Crippen LogP contribution in [0.3, 0.4) is 0 Å². The molecule has 23 heavy (non-hydrogen) atoms. The maximum Gasteiger partial charge on any atom is 0.573 e. The van der Waals surface area contributed by atoms with Gasteiger partial charge in [0.1, 0.15) is 5.75 Å². The number of pyridine rings is 1. The third-order valence-electron chi connectivity index (χ3n) is 3.67. The Labute approximate surface area is 130 Å². The van der Waals surface area contributed by atoms with E-state index in [1.807, 2.05) is 0 Å². The molecule has 0 atom stereocenters. The van der Waals surface area contributed by atoms with Gasteiger partial charge in [-0.05, 0) is 42.7 Å². The third kappa shape index (κ3) is 3.61. The van der Waals surface area contributed by atoms with E-state index in [-0.39, 0.29) is 11.7 Å². The lowest BCUT2D eigenvalue weighted by Crippen LogP contribution is -2.34. The van der Waals surface area contributed by atoms with Crippen molar-refractivity contribution in [2.75, 3.05) is 0 Å². The van der Waals surface area contributed by atoms with Crippen molar-refractivity contribution in [1.82, 2.24) is 10.3 Å². The molecule has 0 spiro atoms. The Bertz CT molecular complexity index is 713. The van der Waals surface area contributed by atoms with E-state index < -0.39 is 11.9 Å². The summed E-state index contributed by atoms with van der Waals surface area (Å²) < 4.78 is 40.9. The Morgan fingerprint density at radius 2 is 1.87 bits per heavy atom. The first-order valence-corrected chi connectivity index (χ1v) is 6.97. The highest BCUT2D eigenvalue weighted by atomic mass is 19.4. The van der Waals surface area contributed by atoms with E-state index in [0.717, 1.165) is 0 Å². The third-order valence-corrected chi connectivity index (χ3v) is 3.67. The molecule has 0 saturated heterocycles. The van der Waals surface area contributed by atoms with Crippen molar-refractivity contribution in [3.63, 3.8) is 0 Å². The lowest BCUT2D eigenvalue weighted by Gasteiger charge is -2.19. The van der Waals surface area contributed by atoms with Crippen molar-refractivity contribution in [3.05, 3.63) is 59.9 Å². The summed E-state index contributed by atoms with van der Waals surface area (Å²) in [5.41, 5.74) is 0.418. The number of carbonyl (C=O) groups is 1. The molecule has 0 unspecified atom stereocenters. The smallest absolute Gasteiger partial charge is 0.406 e. The molecule has 120 valence electrons. The van der Waals surface area contributed by atoms with Crippen molar-refractivity contribution in [3.8, 4) is 5.75 Å². The van der Waals surface area contributed by atoms with Gasteiger partial charge in [0.15, 0.2) is 0 Å². The van der Waals surface area contributed by atoms with E-state index in [9.17, 15) is 18.0 Å². The summed E-state index contributed by atoms with van der Waals surface area (Å²) in [5.74, 6) is -0.577. The number of nitrogens with zero attached hydrogens (tertiary/aromatic N) is 1. The van der Waals surface area contributed by atoms with Crippen LogP contribution in [0.5, 0.6) is 5.75 Å². The summed E-state index contributed by atoms with van der Waals surface area (Å²) in [6.07, 6.45) is -0.396. The summed E-state index contributed by atoms with van der Waals surface area (Å²) in [4.78, 5) is 16.1. The van der Waals surface area contributed by atoms with Gasteiger partial charge in [-0.2, -0.15) is 0 Å². The standard InChI is InChI=1S/C16H13F3N2O2/c17-16(18,19)23-13-3-1-2-12(10-13)15(6-7-15)21-14(22)11-4-8-20-9-5-11/h1-5,8-10H,6-7H2,(H,21,22). The number of amides is 1. The maximum absolute atomic E-state index is 12.3. The van der Waals surface area contributed by atoms with E-state index in [2.05, 4.69) is 15.0 Å². The molecular weight excluding hydrogens is 309 g/mol. The van der Waals surface area contributed by atoms with Gasteiger partial charge >= 0.3 is 6.36 Å². The minimum atomic E-state index is -4.74. The monoisotopic (exact) mass is 322 g/mol. The van der Waals surface area contributed by atoms with Crippen molar-refractivity contribution in [2.24, 2.45) is 0 Å². The number of alkyl halides is 3. The molecule has 1 aromatic heterocycles. The normalized spacial score (nSPS) is 15.8. The number of hydrogen-bond acceptors (Lipinski definition) is 3. The zero-order valence-electron chi connectivity index (χ0n) is 11.9. The number of rotatable bonds is 4. The molecule has 4 nitrogen and oxygen atoms in total. The maximum atomic E-state index is 12.3. The average Bonchev–Trinajstić information content (AvgIpc) is 3.27. The lowest BCUT2D eigenvalue weighted by atomic mass is 10.0. The molecule has 1 heterocycles. The van der Waals surface area contributed by atoms with Crippen molar-refractivity contribution < 1.29 is 22.7 Å². The number of benzene rings is 1. The molecule has 7 heteroatoms. The van der Waals surface area contributed by atoms with Crippen LogP contribution in [-0.4, -0.2) is 17.3 Å². The molecular formula is C16H13F3N2O2. The highest BCUT2D eigenvalue weighted by molar-refractivity contribution is 5.94. The van der Waals surface area contributed by atoms with Crippen molar-refractivity contribution >= 4 is 5.91 Å². The minimum Gasteiger partial charge on any atom is -0.406 e. The fraction of sp³-hybridized carbons (Fsp3) is 0.250. The minimum absolute atomic E-state index is 0.285. The van der Waals surface area contributed by atoms with E-state index in [1.54, 1.807) is 18.2 Å². The number of ether oxygens (including phenoxy) is 1. The zero-order valence-corrected chi connectivity index (χ0v) is 11.9. The zero-order chi connectivity index (χ0) is 16.5. The van der Waals surface area contributed by atoms with Gasteiger partial charge in [-0.3, -0.25) is 9.78 Å². The number of carbonyl (C=O) groups excluding carboxylic acids is 1. The van der Waals surface area contributed by atoms with Crippen LogP contribution in [0.25, 0.3) is 0 Å². The van der Waals surface area contributed by atoms with Gasteiger partial charge in [0, 0.05) is 18.0 Å². The second-order valence-corrected chi connectivity index (χ2v) is 5.35. The number of halogens is 3. The number of nitrogens with one attached hydrogen (secondary N) is 1. The summed E-state index contributed by atoms with van der Waals surface area (Å²) in [6, 6.07) is 8.87. The van der Waals surface area contributed by atoms with Gasteiger partial charge in [-0.15, -0.1) is 13.2 Å². The van der Waals surface area contributed by atoms with Crippen LogP contribution in [0.15, 0.2) is 48.8 Å². The van der Waals surface area contributed by atoms with Gasteiger partial charge in [-0.1, -0.05) is 12.1 Å². The Balaban J connectivity index is 1.78. The van der Waals surface area contributed by atoms with Crippen LogP contribution >= 0.6 is 0 Å². The molecule has 1 aliphatic carbocycles. The molecule has 1 N–H and O–H groups in total. The van der Waals surface area contributed by atoms with E-state index in [1.165, 1.54) is 30.6 Å². The topological polar surface area (TPSA) is 51.2 Å². The molecule has 1 aliphatic rings. The van der Waals surface area contributed by atoms with E-state index in [0.29, 0.717) is 24.0 Å². The molecule has 1 aromatic carbocycles.